The second-order valence-corrected chi connectivity index (χ2v) is 4.21. The molecule has 0 radical (unpaired) electrons. The molecule has 1 aliphatic heterocycles. The van der Waals surface area contributed by atoms with Crippen molar-refractivity contribution in [1.82, 2.24) is 0 Å². The predicted octanol–water partition coefficient (Wildman–Crippen LogP) is 3.26. The molecule has 0 spiro atoms. The highest BCUT2D eigenvalue weighted by atomic mass is 14.9. The number of benzene rings is 1. The summed E-state index contributed by atoms with van der Waals surface area (Å²) in [4.78, 5) is 0. The summed E-state index contributed by atoms with van der Waals surface area (Å²) in [6, 6.07) is 7.26. The fourth-order valence-corrected chi connectivity index (χ4v) is 2.12. The molecule has 0 saturated heterocycles. The van der Waals surface area contributed by atoms with E-state index < -0.39 is 0 Å². The second-order valence-electron chi connectivity index (χ2n) is 4.21. The number of nitrogens with one attached hydrogen (secondary N) is 2. The Bertz CT molecular complexity index is 329. The summed E-state index contributed by atoms with van der Waals surface area (Å²) in [7, 11) is 0. The highest BCUT2D eigenvalue weighted by Gasteiger charge is 2.10. The molecule has 82 valence electrons. The smallest absolute Gasteiger partial charge is 0.0375 e. The van der Waals surface area contributed by atoms with E-state index in [1.165, 1.54) is 29.8 Å². The molecule has 2 nitrogen and oxygen atoms in total. The van der Waals surface area contributed by atoms with Crippen molar-refractivity contribution in [2.75, 3.05) is 17.2 Å². The fraction of sp³-hybridized carbons (Fsp3) is 0.538. The van der Waals surface area contributed by atoms with Crippen molar-refractivity contribution in [2.24, 2.45) is 0 Å². The largest absolute Gasteiger partial charge is 0.384 e. The van der Waals surface area contributed by atoms with Gasteiger partial charge in [-0.3, -0.25) is 0 Å². The third-order valence-electron chi connectivity index (χ3n) is 3.17. The van der Waals surface area contributed by atoms with Gasteiger partial charge in [-0.2, -0.15) is 0 Å². The summed E-state index contributed by atoms with van der Waals surface area (Å²) in [6.07, 6.45) is 3.53. The first-order chi connectivity index (χ1) is 7.33. The molecule has 0 fully saturated rings. The fourth-order valence-electron chi connectivity index (χ4n) is 2.12. The van der Waals surface area contributed by atoms with Gasteiger partial charge in [-0.1, -0.05) is 13.8 Å². The van der Waals surface area contributed by atoms with Gasteiger partial charge in [0.1, 0.15) is 0 Å². The van der Waals surface area contributed by atoms with Crippen molar-refractivity contribution >= 4 is 11.4 Å². The molecule has 0 amide bonds. The molecule has 1 aromatic carbocycles. The van der Waals surface area contributed by atoms with E-state index in [0.717, 1.165) is 13.0 Å². The summed E-state index contributed by atoms with van der Waals surface area (Å²) < 4.78 is 0. The molecule has 1 aliphatic rings. The molecular formula is C13H20N2. The van der Waals surface area contributed by atoms with Gasteiger partial charge in [0.2, 0.25) is 0 Å². The van der Waals surface area contributed by atoms with E-state index in [4.69, 9.17) is 0 Å². The summed E-state index contributed by atoms with van der Waals surface area (Å²) in [5.41, 5.74) is 4.03. The van der Waals surface area contributed by atoms with Crippen LogP contribution in [0.3, 0.4) is 0 Å². The molecule has 2 N–H and O–H groups in total. The zero-order chi connectivity index (χ0) is 10.7. The lowest BCUT2D eigenvalue weighted by atomic mass is 10.1. The third kappa shape index (κ3) is 2.25. The zero-order valence-corrected chi connectivity index (χ0v) is 9.64. The molecule has 1 aromatic rings. The lowest BCUT2D eigenvalue weighted by Gasteiger charge is -2.16. The number of anilines is 2. The van der Waals surface area contributed by atoms with Crippen LogP contribution >= 0.6 is 0 Å². The monoisotopic (exact) mass is 204 g/mol. The van der Waals surface area contributed by atoms with Crippen LogP contribution in [0.25, 0.3) is 0 Å². The Labute approximate surface area is 92.1 Å². The maximum atomic E-state index is 3.58. The minimum atomic E-state index is 0.609. The van der Waals surface area contributed by atoms with E-state index >= 15 is 0 Å². The number of hydrogen-bond acceptors (Lipinski definition) is 2. The zero-order valence-electron chi connectivity index (χ0n) is 9.64. The van der Waals surface area contributed by atoms with Gasteiger partial charge in [-0.05, 0) is 43.0 Å². The summed E-state index contributed by atoms with van der Waals surface area (Å²) in [5.74, 6) is 0. The Kier molecular flexibility index (Phi) is 3.14. The van der Waals surface area contributed by atoms with E-state index in [2.05, 4.69) is 42.7 Å². The van der Waals surface area contributed by atoms with Crippen LogP contribution in [0.5, 0.6) is 0 Å². The predicted molar refractivity (Wildman–Crippen MR) is 66.6 cm³/mol. The van der Waals surface area contributed by atoms with Crippen molar-refractivity contribution in [2.45, 2.75) is 39.2 Å². The van der Waals surface area contributed by atoms with Crippen LogP contribution in [-0.4, -0.2) is 12.6 Å². The molecule has 15 heavy (non-hydrogen) atoms. The van der Waals surface area contributed by atoms with E-state index in [0.29, 0.717) is 6.04 Å². The minimum Gasteiger partial charge on any atom is -0.384 e. The average Bonchev–Trinajstić information content (AvgIpc) is 2.73. The average molecular weight is 204 g/mol. The van der Waals surface area contributed by atoms with Gasteiger partial charge >= 0.3 is 0 Å². The third-order valence-corrected chi connectivity index (χ3v) is 3.17. The number of fused-ring (bicyclic) bond motifs is 1. The first kappa shape index (κ1) is 10.3. The van der Waals surface area contributed by atoms with Gasteiger partial charge in [0.05, 0.1) is 0 Å². The number of rotatable bonds is 4. The SMILES string of the molecule is CCC(CC)Nc1ccc2c(c1)CCN2. The number of hydrogen-bond donors (Lipinski definition) is 2. The van der Waals surface area contributed by atoms with E-state index in [9.17, 15) is 0 Å². The maximum absolute atomic E-state index is 3.58. The van der Waals surface area contributed by atoms with Gasteiger partial charge in [-0.25, -0.2) is 0 Å². The van der Waals surface area contributed by atoms with Crippen molar-refractivity contribution < 1.29 is 0 Å². The quantitative estimate of drug-likeness (QED) is 0.786. The van der Waals surface area contributed by atoms with Crippen molar-refractivity contribution in [3.8, 4) is 0 Å². The van der Waals surface area contributed by atoms with Crippen molar-refractivity contribution in [1.29, 1.82) is 0 Å². The molecule has 0 aliphatic carbocycles. The summed E-state index contributed by atoms with van der Waals surface area (Å²) >= 11 is 0. The lowest BCUT2D eigenvalue weighted by molar-refractivity contribution is 0.672. The summed E-state index contributed by atoms with van der Waals surface area (Å²) in [6.45, 7) is 5.55. The van der Waals surface area contributed by atoms with E-state index in [1.807, 2.05) is 0 Å². The molecule has 0 atom stereocenters. The normalized spacial score (nSPS) is 13.8. The lowest BCUT2D eigenvalue weighted by Crippen LogP contribution is -2.16. The van der Waals surface area contributed by atoms with E-state index in [-0.39, 0.29) is 0 Å². The molecule has 2 rings (SSSR count). The van der Waals surface area contributed by atoms with Crippen LogP contribution in [0.1, 0.15) is 32.3 Å². The van der Waals surface area contributed by atoms with Crippen LogP contribution in [0, 0.1) is 0 Å². The van der Waals surface area contributed by atoms with Crippen LogP contribution in [0.15, 0.2) is 18.2 Å². The van der Waals surface area contributed by atoms with Crippen LogP contribution in [0.4, 0.5) is 11.4 Å². The molecule has 1 heterocycles. The summed E-state index contributed by atoms with van der Waals surface area (Å²) in [5, 5.41) is 6.96. The standard InChI is InChI=1S/C13H20N2/c1-3-11(4-2)15-12-5-6-13-10(9-12)7-8-14-13/h5-6,9,11,14-15H,3-4,7-8H2,1-2H3. The highest BCUT2D eigenvalue weighted by molar-refractivity contribution is 5.62. The molecule has 2 heteroatoms. The van der Waals surface area contributed by atoms with Gasteiger partial charge in [0, 0.05) is 24.0 Å². The van der Waals surface area contributed by atoms with Crippen LogP contribution in [-0.2, 0) is 6.42 Å². The Morgan fingerprint density at radius 1 is 1.33 bits per heavy atom. The van der Waals surface area contributed by atoms with Gasteiger partial charge in [-0.15, -0.1) is 0 Å². The molecule has 0 bridgehead atoms. The Hall–Kier alpha value is -1.18. The van der Waals surface area contributed by atoms with Crippen molar-refractivity contribution in [3.05, 3.63) is 23.8 Å². The Morgan fingerprint density at radius 3 is 2.87 bits per heavy atom. The Balaban J connectivity index is 2.09. The van der Waals surface area contributed by atoms with Crippen molar-refractivity contribution in [3.63, 3.8) is 0 Å². The molecule has 0 aromatic heterocycles. The van der Waals surface area contributed by atoms with Gasteiger partial charge in [0.15, 0.2) is 0 Å². The van der Waals surface area contributed by atoms with Gasteiger partial charge in [0.25, 0.3) is 0 Å². The van der Waals surface area contributed by atoms with Crippen LogP contribution in [0.2, 0.25) is 0 Å². The minimum absolute atomic E-state index is 0.609. The van der Waals surface area contributed by atoms with E-state index in [1.54, 1.807) is 0 Å². The topological polar surface area (TPSA) is 24.1 Å². The second kappa shape index (κ2) is 4.56. The maximum Gasteiger partial charge on any atom is 0.0375 e. The molecular weight excluding hydrogens is 184 g/mol. The molecule has 0 unspecified atom stereocenters. The highest BCUT2D eigenvalue weighted by Crippen LogP contribution is 2.25. The first-order valence-corrected chi connectivity index (χ1v) is 5.96. The van der Waals surface area contributed by atoms with Crippen LogP contribution < -0.4 is 10.6 Å². The Morgan fingerprint density at radius 2 is 2.13 bits per heavy atom. The van der Waals surface area contributed by atoms with Gasteiger partial charge < -0.3 is 10.6 Å². The molecule has 0 saturated carbocycles. The first-order valence-electron chi connectivity index (χ1n) is 5.96.